The van der Waals surface area contributed by atoms with Gasteiger partial charge in [-0.15, -0.1) is 11.6 Å². The predicted octanol–water partition coefficient (Wildman–Crippen LogP) is 6.99. The zero-order chi connectivity index (χ0) is 14.2. The van der Waals surface area contributed by atoms with Crippen molar-refractivity contribution >= 4 is 66.7 Å². The molecule has 6 heteroatoms. The molecule has 2 aromatic rings. The van der Waals surface area contributed by atoms with Crippen LogP contribution in [0.25, 0.3) is 0 Å². The third-order valence-electron chi connectivity index (χ3n) is 2.55. The van der Waals surface area contributed by atoms with Gasteiger partial charge in [0, 0.05) is 14.5 Å². The molecule has 0 aliphatic rings. The van der Waals surface area contributed by atoms with E-state index in [9.17, 15) is 4.39 Å². The van der Waals surface area contributed by atoms with Crippen LogP contribution in [0.3, 0.4) is 0 Å². The first-order valence-corrected chi connectivity index (χ1v) is 7.91. The standard InChI is InChI=1S/C13H6Br2Cl3F/c14-8-2-1-6(3-10(8)16)13(18)7-4-11(17)9(15)5-12(7)19/h1-5,13H. The van der Waals surface area contributed by atoms with Crippen LogP contribution in [0, 0.1) is 5.82 Å². The number of hydrogen-bond acceptors (Lipinski definition) is 0. The van der Waals surface area contributed by atoms with Crippen LogP contribution in [0.1, 0.15) is 16.5 Å². The minimum absolute atomic E-state index is 0.313. The smallest absolute Gasteiger partial charge is 0.129 e. The van der Waals surface area contributed by atoms with Crippen molar-refractivity contribution in [1.82, 2.24) is 0 Å². The van der Waals surface area contributed by atoms with Gasteiger partial charge in [0.25, 0.3) is 0 Å². The highest BCUT2D eigenvalue weighted by Crippen LogP contribution is 2.37. The van der Waals surface area contributed by atoms with E-state index in [1.165, 1.54) is 12.1 Å². The van der Waals surface area contributed by atoms with Crippen LogP contribution in [0.2, 0.25) is 10.0 Å². The van der Waals surface area contributed by atoms with Crippen LogP contribution in [0.15, 0.2) is 39.3 Å². The predicted molar refractivity (Wildman–Crippen MR) is 86.0 cm³/mol. The summed E-state index contributed by atoms with van der Waals surface area (Å²) in [5, 5.41) is 0.272. The zero-order valence-corrected chi connectivity index (χ0v) is 14.7. The highest BCUT2D eigenvalue weighted by atomic mass is 79.9. The molecule has 0 nitrogen and oxygen atoms in total. The van der Waals surface area contributed by atoms with Crippen molar-refractivity contribution in [2.75, 3.05) is 0 Å². The molecule has 19 heavy (non-hydrogen) atoms. The molecule has 0 fully saturated rings. The van der Waals surface area contributed by atoms with Crippen molar-refractivity contribution in [2.45, 2.75) is 5.38 Å². The van der Waals surface area contributed by atoms with Gasteiger partial charge >= 0.3 is 0 Å². The summed E-state index contributed by atoms with van der Waals surface area (Å²) < 4.78 is 15.2. The van der Waals surface area contributed by atoms with Crippen molar-refractivity contribution in [2.24, 2.45) is 0 Å². The first-order chi connectivity index (χ1) is 8.90. The average molecular weight is 447 g/mol. The Balaban J connectivity index is 2.46. The van der Waals surface area contributed by atoms with E-state index in [-0.39, 0.29) is 0 Å². The minimum Gasteiger partial charge on any atom is -0.207 e. The maximum atomic E-state index is 13.9. The Morgan fingerprint density at radius 1 is 0.947 bits per heavy atom. The van der Waals surface area contributed by atoms with E-state index in [1.807, 2.05) is 0 Å². The third-order valence-corrected chi connectivity index (χ3v) is 5.47. The van der Waals surface area contributed by atoms with Crippen molar-refractivity contribution < 1.29 is 4.39 Å². The molecular weight excluding hydrogens is 441 g/mol. The molecule has 100 valence electrons. The topological polar surface area (TPSA) is 0 Å². The van der Waals surface area contributed by atoms with Gasteiger partial charge in [-0.1, -0.05) is 29.3 Å². The van der Waals surface area contributed by atoms with Gasteiger partial charge in [0.15, 0.2) is 0 Å². The molecular formula is C13H6Br2Cl3F. The van der Waals surface area contributed by atoms with Gasteiger partial charge in [-0.3, -0.25) is 0 Å². The highest BCUT2D eigenvalue weighted by Gasteiger charge is 2.18. The van der Waals surface area contributed by atoms with E-state index in [4.69, 9.17) is 34.8 Å². The van der Waals surface area contributed by atoms with Gasteiger partial charge in [-0.2, -0.15) is 0 Å². The lowest BCUT2D eigenvalue weighted by Gasteiger charge is -2.13. The Bertz CT molecular complexity index is 632. The summed E-state index contributed by atoms with van der Waals surface area (Å²) in [7, 11) is 0. The molecule has 0 saturated carbocycles. The van der Waals surface area contributed by atoms with E-state index in [0.717, 1.165) is 4.47 Å². The van der Waals surface area contributed by atoms with Gasteiger partial charge in [0.05, 0.1) is 15.4 Å². The molecule has 0 saturated heterocycles. The summed E-state index contributed by atoms with van der Waals surface area (Å²) in [5.41, 5.74) is 1.01. The lowest BCUT2D eigenvalue weighted by molar-refractivity contribution is 0.611. The lowest BCUT2D eigenvalue weighted by Crippen LogP contribution is -1.98. The molecule has 2 aromatic carbocycles. The number of hydrogen-bond donors (Lipinski definition) is 0. The molecule has 0 aliphatic carbocycles. The molecule has 1 unspecified atom stereocenters. The maximum Gasteiger partial charge on any atom is 0.129 e. The van der Waals surface area contributed by atoms with Gasteiger partial charge in [-0.05, 0) is 61.7 Å². The first-order valence-electron chi connectivity index (χ1n) is 5.13. The van der Waals surface area contributed by atoms with Crippen LogP contribution in [0.4, 0.5) is 4.39 Å². The molecule has 2 rings (SSSR count). The Morgan fingerprint density at radius 2 is 1.58 bits per heavy atom. The molecule has 0 spiro atoms. The van der Waals surface area contributed by atoms with Crippen LogP contribution in [0.5, 0.6) is 0 Å². The second-order valence-corrected chi connectivity index (χ2v) is 6.78. The Hall–Kier alpha value is 0.200. The SMILES string of the molecule is Fc1cc(Br)c(Cl)cc1C(Cl)c1ccc(Br)c(Cl)c1. The van der Waals surface area contributed by atoms with E-state index < -0.39 is 11.2 Å². The summed E-state index contributed by atoms with van der Waals surface area (Å²) in [5.74, 6) is -0.421. The van der Waals surface area contributed by atoms with Crippen molar-refractivity contribution in [3.63, 3.8) is 0 Å². The van der Waals surface area contributed by atoms with Gasteiger partial charge < -0.3 is 0 Å². The summed E-state index contributed by atoms with van der Waals surface area (Å²) in [6.45, 7) is 0. The van der Waals surface area contributed by atoms with Crippen molar-refractivity contribution in [1.29, 1.82) is 0 Å². The maximum absolute atomic E-state index is 13.9. The molecule has 0 aromatic heterocycles. The second-order valence-electron chi connectivity index (χ2n) is 3.82. The highest BCUT2D eigenvalue weighted by molar-refractivity contribution is 9.10. The fourth-order valence-corrected chi connectivity index (χ4v) is 2.81. The Morgan fingerprint density at radius 3 is 2.21 bits per heavy atom. The van der Waals surface area contributed by atoms with Crippen LogP contribution in [-0.4, -0.2) is 0 Å². The molecule has 0 bridgehead atoms. The fraction of sp³-hybridized carbons (Fsp3) is 0.0769. The summed E-state index contributed by atoms with van der Waals surface area (Å²) in [4.78, 5) is 0. The molecule has 0 radical (unpaired) electrons. The number of rotatable bonds is 2. The molecule has 1 atom stereocenters. The van der Waals surface area contributed by atoms with E-state index in [1.54, 1.807) is 18.2 Å². The van der Waals surface area contributed by atoms with Crippen LogP contribution < -0.4 is 0 Å². The quantitative estimate of drug-likeness (QED) is 0.344. The molecule has 0 N–H and O–H groups in total. The number of benzene rings is 2. The zero-order valence-electron chi connectivity index (χ0n) is 9.23. The lowest BCUT2D eigenvalue weighted by atomic mass is 10.0. The first kappa shape index (κ1) is 15.6. The summed E-state index contributed by atoms with van der Waals surface area (Å²) >= 11 is 24.7. The van der Waals surface area contributed by atoms with E-state index >= 15 is 0 Å². The van der Waals surface area contributed by atoms with Crippen LogP contribution >= 0.6 is 66.7 Å². The molecule has 0 aliphatic heterocycles. The summed E-state index contributed by atoms with van der Waals surface area (Å²) in [6, 6.07) is 8.05. The van der Waals surface area contributed by atoms with Gasteiger partial charge in [0.2, 0.25) is 0 Å². The number of alkyl halides is 1. The summed E-state index contributed by atoms with van der Waals surface area (Å²) in [6.07, 6.45) is 0. The number of halogens is 6. The largest absolute Gasteiger partial charge is 0.207 e. The van der Waals surface area contributed by atoms with E-state index in [0.29, 0.717) is 25.6 Å². The molecule has 0 heterocycles. The third kappa shape index (κ3) is 3.45. The fourth-order valence-electron chi connectivity index (χ4n) is 1.58. The minimum atomic E-state index is -0.656. The van der Waals surface area contributed by atoms with Crippen molar-refractivity contribution in [3.8, 4) is 0 Å². The molecule has 0 amide bonds. The monoisotopic (exact) mass is 444 g/mol. The van der Waals surface area contributed by atoms with Crippen LogP contribution in [-0.2, 0) is 0 Å². The van der Waals surface area contributed by atoms with Gasteiger partial charge in [-0.25, -0.2) is 4.39 Å². The normalized spacial score (nSPS) is 12.5. The second kappa shape index (κ2) is 6.31. The van der Waals surface area contributed by atoms with E-state index in [2.05, 4.69) is 31.9 Å². The average Bonchev–Trinajstić information content (AvgIpc) is 2.36. The Labute approximate surface area is 142 Å². The Kier molecular flexibility index (Phi) is 5.18. The van der Waals surface area contributed by atoms with Gasteiger partial charge in [0.1, 0.15) is 5.82 Å². The van der Waals surface area contributed by atoms with Crippen molar-refractivity contribution in [3.05, 3.63) is 66.3 Å².